The van der Waals surface area contributed by atoms with Gasteiger partial charge in [-0.15, -0.1) is 0 Å². The number of carbonyl (C=O) groups is 1. The molecule has 0 aliphatic heterocycles. The Morgan fingerprint density at radius 3 is 2.27 bits per heavy atom. The van der Waals surface area contributed by atoms with Crippen molar-refractivity contribution in [2.75, 3.05) is 26.6 Å². The number of methoxy groups -OCH3 is 3. The second-order valence-electron chi connectivity index (χ2n) is 6.43. The molecule has 0 radical (unpaired) electrons. The van der Waals surface area contributed by atoms with Gasteiger partial charge < -0.3 is 19.5 Å². The summed E-state index contributed by atoms with van der Waals surface area (Å²) in [6.45, 7) is 1.95. The summed E-state index contributed by atoms with van der Waals surface area (Å²) in [7, 11) is 4.58. The van der Waals surface area contributed by atoms with Crippen LogP contribution in [0.2, 0.25) is 0 Å². The van der Waals surface area contributed by atoms with E-state index >= 15 is 0 Å². The molecule has 0 spiro atoms. The number of carbonyl (C=O) groups excluding carboxylic acids is 1. The zero-order valence-electron chi connectivity index (χ0n) is 15.7. The summed E-state index contributed by atoms with van der Waals surface area (Å²) in [5.41, 5.74) is 1.37. The minimum absolute atomic E-state index is 0.243. The molecular weight excluding hydrogens is 334 g/mol. The molecule has 1 aliphatic rings. The fourth-order valence-corrected chi connectivity index (χ4v) is 3.42. The minimum Gasteiger partial charge on any atom is -0.493 e. The highest BCUT2D eigenvalue weighted by Gasteiger charge is 2.23. The van der Waals surface area contributed by atoms with Crippen LogP contribution in [0.1, 0.15) is 47.6 Å². The van der Waals surface area contributed by atoms with Gasteiger partial charge in [-0.3, -0.25) is 4.79 Å². The lowest BCUT2D eigenvalue weighted by Gasteiger charge is -2.17. The van der Waals surface area contributed by atoms with E-state index in [0.717, 1.165) is 24.2 Å². The first-order valence-electron chi connectivity index (χ1n) is 8.74. The fourth-order valence-electron chi connectivity index (χ4n) is 3.42. The molecule has 0 saturated heterocycles. The van der Waals surface area contributed by atoms with Crippen molar-refractivity contribution in [2.24, 2.45) is 0 Å². The van der Waals surface area contributed by atoms with E-state index in [1.807, 2.05) is 11.6 Å². The number of nitrogens with one attached hydrogen (secondary N) is 1. The Bertz CT molecular complexity index is 769. The first kappa shape index (κ1) is 18.1. The molecule has 1 aromatic carbocycles. The van der Waals surface area contributed by atoms with Gasteiger partial charge in [-0.25, -0.2) is 4.68 Å². The first-order valence-corrected chi connectivity index (χ1v) is 8.74. The van der Waals surface area contributed by atoms with Gasteiger partial charge in [0, 0.05) is 11.1 Å². The summed E-state index contributed by atoms with van der Waals surface area (Å²) in [6, 6.07) is 3.63. The van der Waals surface area contributed by atoms with Gasteiger partial charge in [-0.05, 0) is 31.9 Å². The molecule has 1 fully saturated rings. The van der Waals surface area contributed by atoms with E-state index in [1.54, 1.807) is 18.3 Å². The van der Waals surface area contributed by atoms with Crippen LogP contribution in [0.25, 0.3) is 0 Å². The average molecular weight is 359 g/mol. The van der Waals surface area contributed by atoms with Gasteiger partial charge in [0.2, 0.25) is 5.75 Å². The number of ether oxygens (including phenoxy) is 3. The minimum atomic E-state index is -0.243. The molecule has 0 atom stereocenters. The molecule has 1 amide bonds. The molecule has 0 bridgehead atoms. The third kappa shape index (κ3) is 3.34. The van der Waals surface area contributed by atoms with Crippen molar-refractivity contribution in [3.8, 4) is 17.2 Å². The maximum Gasteiger partial charge on any atom is 0.257 e. The van der Waals surface area contributed by atoms with Crippen molar-refractivity contribution >= 4 is 11.7 Å². The Kier molecular flexibility index (Phi) is 5.35. The summed E-state index contributed by atoms with van der Waals surface area (Å²) < 4.78 is 17.9. The van der Waals surface area contributed by atoms with Crippen molar-refractivity contribution in [2.45, 2.75) is 38.6 Å². The highest BCUT2D eigenvalue weighted by Crippen LogP contribution is 2.38. The van der Waals surface area contributed by atoms with Crippen molar-refractivity contribution in [3.63, 3.8) is 0 Å². The van der Waals surface area contributed by atoms with Gasteiger partial charge in [0.1, 0.15) is 5.82 Å². The molecule has 1 aliphatic carbocycles. The van der Waals surface area contributed by atoms with Gasteiger partial charge >= 0.3 is 0 Å². The lowest BCUT2D eigenvalue weighted by molar-refractivity contribution is 0.102. The van der Waals surface area contributed by atoms with E-state index in [2.05, 4.69) is 10.4 Å². The molecule has 1 saturated carbocycles. The van der Waals surface area contributed by atoms with E-state index < -0.39 is 0 Å². The maximum atomic E-state index is 12.9. The molecule has 3 rings (SSSR count). The summed E-state index contributed by atoms with van der Waals surface area (Å²) in [4.78, 5) is 12.9. The van der Waals surface area contributed by atoms with E-state index in [4.69, 9.17) is 14.2 Å². The van der Waals surface area contributed by atoms with E-state index in [1.165, 1.54) is 34.2 Å². The molecular formula is C19H25N3O4. The van der Waals surface area contributed by atoms with Crippen molar-refractivity contribution in [3.05, 3.63) is 29.5 Å². The topological polar surface area (TPSA) is 74.6 Å². The predicted molar refractivity (Wildman–Crippen MR) is 98.5 cm³/mol. The Morgan fingerprint density at radius 1 is 1.12 bits per heavy atom. The van der Waals surface area contributed by atoms with Crippen LogP contribution in [0, 0.1) is 6.92 Å². The number of nitrogens with zero attached hydrogens (tertiary/aromatic N) is 2. The second kappa shape index (κ2) is 7.68. The summed E-state index contributed by atoms with van der Waals surface area (Å²) in [5, 5.41) is 7.47. The summed E-state index contributed by atoms with van der Waals surface area (Å²) in [5.74, 6) is 1.84. The Balaban J connectivity index is 1.90. The van der Waals surface area contributed by atoms with Crippen LogP contribution in [-0.4, -0.2) is 37.0 Å². The van der Waals surface area contributed by atoms with Crippen LogP contribution in [-0.2, 0) is 0 Å². The zero-order valence-corrected chi connectivity index (χ0v) is 15.7. The average Bonchev–Trinajstić information content (AvgIpc) is 3.30. The van der Waals surface area contributed by atoms with E-state index in [0.29, 0.717) is 28.9 Å². The zero-order chi connectivity index (χ0) is 18.7. The maximum absolute atomic E-state index is 12.9. The number of anilines is 1. The van der Waals surface area contributed by atoms with Crippen molar-refractivity contribution in [1.29, 1.82) is 0 Å². The highest BCUT2D eigenvalue weighted by atomic mass is 16.5. The van der Waals surface area contributed by atoms with Crippen LogP contribution in [0.4, 0.5) is 5.82 Å². The molecule has 140 valence electrons. The molecule has 1 aromatic heterocycles. The monoisotopic (exact) mass is 359 g/mol. The number of rotatable bonds is 6. The summed E-state index contributed by atoms with van der Waals surface area (Å²) >= 11 is 0. The van der Waals surface area contributed by atoms with E-state index in [9.17, 15) is 4.79 Å². The number of aromatic nitrogens is 2. The second-order valence-corrected chi connectivity index (χ2v) is 6.43. The van der Waals surface area contributed by atoms with Crippen LogP contribution < -0.4 is 19.5 Å². The van der Waals surface area contributed by atoms with Gasteiger partial charge in [0.15, 0.2) is 11.5 Å². The SMILES string of the molecule is COc1cc(C(=O)Nc2c(C)cnn2C2CCCC2)cc(OC)c1OC. The number of hydrogen-bond donors (Lipinski definition) is 1. The van der Waals surface area contributed by atoms with Crippen LogP contribution in [0.5, 0.6) is 17.2 Å². The third-order valence-corrected chi connectivity index (χ3v) is 4.81. The molecule has 7 heteroatoms. The largest absolute Gasteiger partial charge is 0.493 e. The van der Waals surface area contributed by atoms with Crippen molar-refractivity contribution in [1.82, 2.24) is 9.78 Å². The normalized spacial score (nSPS) is 14.3. The first-order chi connectivity index (χ1) is 12.6. The lowest BCUT2D eigenvalue weighted by Crippen LogP contribution is -2.18. The van der Waals surface area contributed by atoms with Gasteiger partial charge in [-0.1, -0.05) is 12.8 Å². The fraction of sp³-hybridized carbons (Fsp3) is 0.474. The van der Waals surface area contributed by atoms with Gasteiger partial charge in [-0.2, -0.15) is 5.10 Å². The van der Waals surface area contributed by atoms with E-state index in [-0.39, 0.29) is 5.91 Å². The van der Waals surface area contributed by atoms with Crippen molar-refractivity contribution < 1.29 is 19.0 Å². The highest BCUT2D eigenvalue weighted by molar-refractivity contribution is 6.05. The lowest BCUT2D eigenvalue weighted by atomic mass is 10.1. The van der Waals surface area contributed by atoms with Gasteiger partial charge in [0.25, 0.3) is 5.91 Å². The smallest absolute Gasteiger partial charge is 0.257 e. The molecule has 26 heavy (non-hydrogen) atoms. The Labute approximate surface area is 153 Å². The molecule has 0 unspecified atom stereocenters. The van der Waals surface area contributed by atoms with Crippen LogP contribution in [0.3, 0.4) is 0 Å². The number of amides is 1. The van der Waals surface area contributed by atoms with Crippen LogP contribution in [0.15, 0.2) is 18.3 Å². The summed E-state index contributed by atoms with van der Waals surface area (Å²) in [6.07, 6.45) is 6.37. The number of aryl methyl sites for hydroxylation is 1. The standard InChI is InChI=1S/C19H25N3O4/c1-12-11-20-22(14-7-5-6-8-14)18(12)21-19(23)13-9-15(24-2)17(26-4)16(10-13)25-3/h9-11,14H,5-8H2,1-4H3,(H,21,23). The number of benzene rings is 1. The van der Waals surface area contributed by atoms with Crippen LogP contribution >= 0.6 is 0 Å². The Hall–Kier alpha value is -2.70. The van der Waals surface area contributed by atoms with Gasteiger partial charge in [0.05, 0.1) is 33.6 Å². The number of hydrogen-bond acceptors (Lipinski definition) is 5. The molecule has 7 nitrogen and oxygen atoms in total. The molecule has 1 heterocycles. The molecule has 1 N–H and O–H groups in total. The Morgan fingerprint density at radius 2 is 1.73 bits per heavy atom. The quantitative estimate of drug-likeness (QED) is 0.853. The molecule has 2 aromatic rings. The third-order valence-electron chi connectivity index (χ3n) is 4.81. The predicted octanol–water partition coefficient (Wildman–Crippen LogP) is 3.58.